The van der Waals surface area contributed by atoms with E-state index in [0.717, 1.165) is 42.2 Å². The smallest absolute Gasteiger partial charge is 0.0112 e. The Hall–Kier alpha value is -0.0800. The van der Waals surface area contributed by atoms with E-state index in [1.165, 1.54) is 32.4 Å². The van der Waals surface area contributed by atoms with Gasteiger partial charge in [0.2, 0.25) is 0 Å². The molecule has 2 heteroatoms. The fourth-order valence-corrected chi connectivity index (χ4v) is 4.20. The summed E-state index contributed by atoms with van der Waals surface area (Å²) in [4.78, 5) is 2.61. The molecule has 0 spiro atoms. The standard InChI is InChI=1S/C17H34N2/c1-6-18-17-8-12(2)7-14(4)16(17)11-19(5)10-15-9-13(15)3/h12-18H,6-11H2,1-5H3. The Labute approximate surface area is 120 Å². The van der Waals surface area contributed by atoms with Gasteiger partial charge in [-0.2, -0.15) is 0 Å². The first kappa shape index (κ1) is 15.3. The van der Waals surface area contributed by atoms with E-state index in [2.05, 4.69) is 45.0 Å². The second-order valence-electron chi connectivity index (χ2n) is 7.58. The van der Waals surface area contributed by atoms with Crippen LogP contribution in [0, 0.1) is 29.6 Å². The van der Waals surface area contributed by atoms with Crippen LogP contribution in [-0.4, -0.2) is 37.6 Å². The van der Waals surface area contributed by atoms with E-state index >= 15 is 0 Å². The van der Waals surface area contributed by atoms with Crippen molar-refractivity contribution >= 4 is 0 Å². The maximum absolute atomic E-state index is 3.75. The topological polar surface area (TPSA) is 15.3 Å². The molecule has 2 nitrogen and oxygen atoms in total. The van der Waals surface area contributed by atoms with Crippen molar-refractivity contribution in [3.05, 3.63) is 0 Å². The Bertz CT molecular complexity index is 278. The Morgan fingerprint density at radius 2 is 1.68 bits per heavy atom. The second kappa shape index (κ2) is 6.58. The molecule has 0 bridgehead atoms. The van der Waals surface area contributed by atoms with Gasteiger partial charge in [-0.25, -0.2) is 0 Å². The van der Waals surface area contributed by atoms with Crippen LogP contribution in [0.2, 0.25) is 0 Å². The van der Waals surface area contributed by atoms with E-state index in [1.807, 2.05) is 0 Å². The fourth-order valence-electron chi connectivity index (χ4n) is 4.20. The summed E-state index contributed by atoms with van der Waals surface area (Å²) in [5.74, 6) is 4.57. The van der Waals surface area contributed by atoms with Crippen LogP contribution in [0.25, 0.3) is 0 Å². The van der Waals surface area contributed by atoms with Crippen molar-refractivity contribution in [3.63, 3.8) is 0 Å². The van der Waals surface area contributed by atoms with Gasteiger partial charge in [0.1, 0.15) is 0 Å². The Balaban J connectivity index is 1.86. The van der Waals surface area contributed by atoms with Crippen molar-refractivity contribution in [1.29, 1.82) is 0 Å². The van der Waals surface area contributed by atoms with Crippen LogP contribution in [0.1, 0.15) is 47.0 Å². The summed E-state index contributed by atoms with van der Waals surface area (Å²) in [7, 11) is 2.33. The van der Waals surface area contributed by atoms with E-state index in [-0.39, 0.29) is 0 Å². The second-order valence-corrected chi connectivity index (χ2v) is 7.58. The van der Waals surface area contributed by atoms with Gasteiger partial charge in [-0.1, -0.05) is 27.7 Å². The lowest BCUT2D eigenvalue weighted by molar-refractivity contribution is 0.110. The van der Waals surface area contributed by atoms with Crippen molar-refractivity contribution in [3.8, 4) is 0 Å². The number of nitrogens with one attached hydrogen (secondary N) is 1. The first-order valence-electron chi connectivity index (χ1n) is 8.43. The van der Waals surface area contributed by atoms with Gasteiger partial charge in [-0.15, -0.1) is 0 Å². The molecule has 0 saturated heterocycles. The molecule has 19 heavy (non-hydrogen) atoms. The molecule has 2 fully saturated rings. The Morgan fingerprint density at radius 3 is 2.26 bits per heavy atom. The van der Waals surface area contributed by atoms with Gasteiger partial charge in [0.25, 0.3) is 0 Å². The molecule has 0 aromatic carbocycles. The SMILES string of the molecule is CCNC1CC(C)CC(C)C1CN(C)CC1CC1C. The summed E-state index contributed by atoms with van der Waals surface area (Å²) in [6.45, 7) is 13.3. The zero-order chi connectivity index (χ0) is 14.0. The molecule has 2 aliphatic carbocycles. The van der Waals surface area contributed by atoms with Gasteiger partial charge in [0.15, 0.2) is 0 Å². The number of rotatable bonds is 6. The predicted octanol–water partition coefficient (Wildman–Crippen LogP) is 3.23. The molecule has 6 atom stereocenters. The summed E-state index contributed by atoms with van der Waals surface area (Å²) in [6, 6.07) is 0.739. The fraction of sp³-hybridized carbons (Fsp3) is 1.00. The number of hydrogen-bond donors (Lipinski definition) is 1. The van der Waals surface area contributed by atoms with Gasteiger partial charge in [-0.3, -0.25) is 0 Å². The molecule has 0 heterocycles. The highest BCUT2D eigenvalue weighted by Crippen LogP contribution is 2.39. The summed E-state index contributed by atoms with van der Waals surface area (Å²) < 4.78 is 0. The first-order chi connectivity index (χ1) is 9.01. The van der Waals surface area contributed by atoms with E-state index < -0.39 is 0 Å². The van der Waals surface area contributed by atoms with Gasteiger partial charge in [0.05, 0.1) is 0 Å². The summed E-state index contributed by atoms with van der Waals surface area (Å²) >= 11 is 0. The summed E-state index contributed by atoms with van der Waals surface area (Å²) in [5.41, 5.74) is 0. The van der Waals surface area contributed by atoms with Crippen LogP contribution < -0.4 is 5.32 Å². The average Bonchev–Trinajstić information content (AvgIpc) is 2.99. The minimum Gasteiger partial charge on any atom is -0.314 e. The highest BCUT2D eigenvalue weighted by molar-refractivity contribution is 4.90. The lowest BCUT2D eigenvalue weighted by Gasteiger charge is -2.42. The van der Waals surface area contributed by atoms with Crippen LogP contribution in [0.5, 0.6) is 0 Å². The van der Waals surface area contributed by atoms with Crippen molar-refractivity contribution < 1.29 is 0 Å². The van der Waals surface area contributed by atoms with Crippen LogP contribution in [0.3, 0.4) is 0 Å². The summed E-state index contributed by atoms with van der Waals surface area (Å²) in [6.07, 6.45) is 4.25. The highest BCUT2D eigenvalue weighted by Gasteiger charge is 2.36. The minimum atomic E-state index is 0.739. The third-order valence-electron chi connectivity index (χ3n) is 5.49. The van der Waals surface area contributed by atoms with Crippen LogP contribution in [-0.2, 0) is 0 Å². The molecule has 2 aliphatic rings. The average molecular weight is 266 g/mol. The highest BCUT2D eigenvalue weighted by atomic mass is 15.1. The van der Waals surface area contributed by atoms with Crippen LogP contribution in [0.15, 0.2) is 0 Å². The molecule has 112 valence electrons. The molecule has 1 N–H and O–H groups in total. The van der Waals surface area contributed by atoms with Gasteiger partial charge in [-0.05, 0) is 62.4 Å². The van der Waals surface area contributed by atoms with Crippen molar-refractivity contribution in [2.75, 3.05) is 26.7 Å². The molecule has 0 aromatic heterocycles. The number of hydrogen-bond acceptors (Lipinski definition) is 2. The van der Waals surface area contributed by atoms with Gasteiger partial charge in [0, 0.05) is 19.1 Å². The lowest BCUT2D eigenvalue weighted by atomic mass is 9.72. The van der Waals surface area contributed by atoms with Gasteiger partial charge >= 0.3 is 0 Å². The van der Waals surface area contributed by atoms with E-state index in [9.17, 15) is 0 Å². The first-order valence-corrected chi connectivity index (χ1v) is 8.43. The number of nitrogens with zero attached hydrogens (tertiary/aromatic N) is 1. The van der Waals surface area contributed by atoms with Crippen molar-refractivity contribution in [2.45, 2.75) is 53.0 Å². The van der Waals surface area contributed by atoms with Crippen LogP contribution in [0.4, 0.5) is 0 Å². The summed E-state index contributed by atoms with van der Waals surface area (Å²) in [5, 5.41) is 3.75. The third-order valence-corrected chi connectivity index (χ3v) is 5.49. The minimum absolute atomic E-state index is 0.739. The monoisotopic (exact) mass is 266 g/mol. The quantitative estimate of drug-likeness (QED) is 0.794. The maximum Gasteiger partial charge on any atom is 0.0112 e. The molecular formula is C17H34N2. The molecule has 0 radical (unpaired) electrons. The molecule has 2 saturated carbocycles. The largest absolute Gasteiger partial charge is 0.314 e. The Morgan fingerprint density at radius 1 is 1.00 bits per heavy atom. The predicted molar refractivity (Wildman–Crippen MR) is 83.3 cm³/mol. The van der Waals surface area contributed by atoms with Crippen molar-refractivity contribution in [1.82, 2.24) is 10.2 Å². The van der Waals surface area contributed by atoms with Gasteiger partial charge < -0.3 is 10.2 Å². The molecule has 0 amide bonds. The maximum atomic E-state index is 3.75. The van der Waals surface area contributed by atoms with E-state index in [0.29, 0.717) is 0 Å². The molecule has 0 aliphatic heterocycles. The molecule has 2 rings (SSSR count). The molecular weight excluding hydrogens is 232 g/mol. The van der Waals surface area contributed by atoms with Crippen molar-refractivity contribution in [2.24, 2.45) is 29.6 Å². The lowest BCUT2D eigenvalue weighted by Crippen LogP contribution is -2.48. The molecule has 0 aromatic rings. The zero-order valence-corrected chi connectivity index (χ0v) is 13.7. The van der Waals surface area contributed by atoms with E-state index in [1.54, 1.807) is 0 Å². The molecule has 6 unspecified atom stereocenters. The Kier molecular flexibility index (Phi) is 5.30. The third kappa shape index (κ3) is 4.19. The zero-order valence-electron chi connectivity index (χ0n) is 13.7. The normalized spacial score (nSPS) is 42.6. The van der Waals surface area contributed by atoms with E-state index in [4.69, 9.17) is 0 Å². The van der Waals surface area contributed by atoms with Crippen LogP contribution >= 0.6 is 0 Å².